The number of aromatic nitrogens is 3. The SMILES string of the molecule is CCc1nc(CC)n(CCC(C)(C)CN)n1. The van der Waals surface area contributed by atoms with Crippen molar-refractivity contribution in [1.82, 2.24) is 14.8 Å². The van der Waals surface area contributed by atoms with Gasteiger partial charge in [0.05, 0.1) is 0 Å². The molecule has 0 unspecified atom stereocenters. The lowest BCUT2D eigenvalue weighted by molar-refractivity contribution is 0.314. The second-order valence-corrected chi connectivity index (χ2v) is 4.99. The number of hydrogen-bond donors (Lipinski definition) is 1. The average molecular weight is 224 g/mol. The van der Waals surface area contributed by atoms with E-state index in [1.54, 1.807) is 0 Å². The Labute approximate surface area is 98.2 Å². The van der Waals surface area contributed by atoms with Crippen molar-refractivity contribution in [3.8, 4) is 0 Å². The van der Waals surface area contributed by atoms with Gasteiger partial charge in [0, 0.05) is 19.4 Å². The molecule has 0 aliphatic rings. The van der Waals surface area contributed by atoms with E-state index in [0.717, 1.165) is 37.5 Å². The van der Waals surface area contributed by atoms with Gasteiger partial charge in [-0.1, -0.05) is 27.7 Å². The van der Waals surface area contributed by atoms with Crippen LogP contribution in [0.4, 0.5) is 0 Å². The van der Waals surface area contributed by atoms with Crippen LogP contribution in [0.5, 0.6) is 0 Å². The molecule has 1 rings (SSSR count). The molecule has 4 heteroatoms. The van der Waals surface area contributed by atoms with Crippen molar-refractivity contribution in [3.63, 3.8) is 0 Å². The van der Waals surface area contributed by atoms with Crippen LogP contribution in [-0.2, 0) is 19.4 Å². The van der Waals surface area contributed by atoms with E-state index in [4.69, 9.17) is 5.73 Å². The summed E-state index contributed by atoms with van der Waals surface area (Å²) in [4.78, 5) is 4.49. The van der Waals surface area contributed by atoms with Gasteiger partial charge in [-0.15, -0.1) is 0 Å². The average Bonchev–Trinajstić information content (AvgIpc) is 2.69. The van der Waals surface area contributed by atoms with Crippen molar-refractivity contribution in [2.24, 2.45) is 11.1 Å². The monoisotopic (exact) mass is 224 g/mol. The third-order valence-corrected chi connectivity index (χ3v) is 2.98. The summed E-state index contributed by atoms with van der Waals surface area (Å²) in [5.41, 5.74) is 5.91. The second kappa shape index (κ2) is 5.43. The van der Waals surface area contributed by atoms with E-state index in [0.29, 0.717) is 6.54 Å². The Kier molecular flexibility index (Phi) is 4.47. The van der Waals surface area contributed by atoms with Crippen LogP contribution < -0.4 is 5.73 Å². The minimum atomic E-state index is 0.184. The lowest BCUT2D eigenvalue weighted by Gasteiger charge is -2.22. The maximum atomic E-state index is 5.73. The molecule has 92 valence electrons. The zero-order valence-corrected chi connectivity index (χ0v) is 11.0. The number of rotatable bonds is 6. The van der Waals surface area contributed by atoms with E-state index in [2.05, 4.69) is 37.8 Å². The van der Waals surface area contributed by atoms with Crippen molar-refractivity contribution in [2.45, 2.75) is 53.5 Å². The van der Waals surface area contributed by atoms with Gasteiger partial charge in [-0.05, 0) is 18.4 Å². The van der Waals surface area contributed by atoms with E-state index in [1.807, 2.05) is 4.68 Å². The highest BCUT2D eigenvalue weighted by molar-refractivity contribution is 4.92. The number of nitrogens with zero attached hydrogens (tertiary/aromatic N) is 3. The Morgan fingerprint density at radius 3 is 2.44 bits per heavy atom. The summed E-state index contributed by atoms with van der Waals surface area (Å²) in [5, 5.41) is 4.50. The molecule has 0 aliphatic heterocycles. The van der Waals surface area contributed by atoms with Crippen LogP contribution in [0.1, 0.15) is 45.8 Å². The molecule has 1 heterocycles. The predicted molar refractivity (Wildman–Crippen MR) is 66.2 cm³/mol. The smallest absolute Gasteiger partial charge is 0.150 e. The third-order valence-electron chi connectivity index (χ3n) is 2.98. The zero-order chi connectivity index (χ0) is 12.2. The first kappa shape index (κ1) is 13.2. The quantitative estimate of drug-likeness (QED) is 0.801. The van der Waals surface area contributed by atoms with Crippen LogP contribution in [-0.4, -0.2) is 21.3 Å². The van der Waals surface area contributed by atoms with Crippen LogP contribution >= 0.6 is 0 Å². The highest BCUT2D eigenvalue weighted by Crippen LogP contribution is 2.19. The van der Waals surface area contributed by atoms with Crippen LogP contribution in [0.15, 0.2) is 0 Å². The number of hydrogen-bond acceptors (Lipinski definition) is 3. The van der Waals surface area contributed by atoms with E-state index >= 15 is 0 Å². The van der Waals surface area contributed by atoms with Crippen molar-refractivity contribution < 1.29 is 0 Å². The van der Waals surface area contributed by atoms with Gasteiger partial charge in [0.1, 0.15) is 5.82 Å². The van der Waals surface area contributed by atoms with E-state index in [9.17, 15) is 0 Å². The Morgan fingerprint density at radius 2 is 1.94 bits per heavy atom. The molecule has 1 aromatic heterocycles. The second-order valence-electron chi connectivity index (χ2n) is 4.99. The van der Waals surface area contributed by atoms with Gasteiger partial charge in [0.25, 0.3) is 0 Å². The highest BCUT2D eigenvalue weighted by Gasteiger charge is 2.16. The first-order valence-corrected chi connectivity index (χ1v) is 6.15. The van der Waals surface area contributed by atoms with Crippen molar-refractivity contribution in [3.05, 3.63) is 11.6 Å². The minimum Gasteiger partial charge on any atom is -0.330 e. The maximum Gasteiger partial charge on any atom is 0.150 e. The van der Waals surface area contributed by atoms with E-state index in [-0.39, 0.29) is 5.41 Å². The predicted octanol–water partition coefficient (Wildman–Crippen LogP) is 1.78. The summed E-state index contributed by atoms with van der Waals surface area (Å²) in [6.07, 6.45) is 2.89. The van der Waals surface area contributed by atoms with Crippen molar-refractivity contribution in [2.75, 3.05) is 6.54 Å². The van der Waals surface area contributed by atoms with Gasteiger partial charge in [0.2, 0.25) is 0 Å². The van der Waals surface area contributed by atoms with Gasteiger partial charge in [-0.3, -0.25) is 0 Å². The molecule has 0 saturated heterocycles. The molecule has 0 bridgehead atoms. The Morgan fingerprint density at radius 1 is 1.25 bits per heavy atom. The Balaban J connectivity index is 2.69. The topological polar surface area (TPSA) is 56.7 Å². The molecule has 2 N–H and O–H groups in total. The van der Waals surface area contributed by atoms with Crippen LogP contribution in [0, 0.1) is 5.41 Å². The number of aryl methyl sites for hydroxylation is 3. The molecule has 0 saturated carbocycles. The molecule has 4 nitrogen and oxygen atoms in total. The molecule has 0 atom stereocenters. The first-order chi connectivity index (χ1) is 7.52. The van der Waals surface area contributed by atoms with Gasteiger partial charge >= 0.3 is 0 Å². The fourth-order valence-corrected chi connectivity index (χ4v) is 1.53. The van der Waals surface area contributed by atoms with Crippen LogP contribution in [0.2, 0.25) is 0 Å². The highest BCUT2D eigenvalue weighted by atomic mass is 15.3. The molecule has 16 heavy (non-hydrogen) atoms. The fraction of sp³-hybridized carbons (Fsp3) is 0.833. The molecule has 0 spiro atoms. The van der Waals surface area contributed by atoms with Crippen LogP contribution in [0.3, 0.4) is 0 Å². The van der Waals surface area contributed by atoms with E-state index in [1.165, 1.54) is 0 Å². The van der Waals surface area contributed by atoms with Crippen LogP contribution in [0.25, 0.3) is 0 Å². The summed E-state index contributed by atoms with van der Waals surface area (Å²) in [7, 11) is 0. The summed E-state index contributed by atoms with van der Waals surface area (Å²) >= 11 is 0. The Bertz CT molecular complexity index is 328. The molecule has 0 fully saturated rings. The van der Waals surface area contributed by atoms with Gasteiger partial charge in [-0.25, -0.2) is 9.67 Å². The lowest BCUT2D eigenvalue weighted by atomic mass is 9.90. The minimum absolute atomic E-state index is 0.184. The summed E-state index contributed by atoms with van der Waals surface area (Å²) < 4.78 is 2.04. The fourth-order valence-electron chi connectivity index (χ4n) is 1.53. The molecule has 0 amide bonds. The molecule has 1 aromatic rings. The summed E-state index contributed by atoms with van der Waals surface area (Å²) in [6.45, 7) is 10.2. The van der Waals surface area contributed by atoms with Gasteiger partial charge < -0.3 is 5.73 Å². The molecule has 0 aliphatic carbocycles. The molecular formula is C12H24N4. The molecule has 0 radical (unpaired) electrons. The number of nitrogens with two attached hydrogens (primary N) is 1. The van der Waals surface area contributed by atoms with Gasteiger partial charge in [0.15, 0.2) is 5.82 Å². The Hall–Kier alpha value is -0.900. The summed E-state index contributed by atoms with van der Waals surface area (Å²) in [5.74, 6) is 2.03. The van der Waals surface area contributed by atoms with Crippen molar-refractivity contribution >= 4 is 0 Å². The molecule has 0 aromatic carbocycles. The van der Waals surface area contributed by atoms with E-state index < -0.39 is 0 Å². The largest absolute Gasteiger partial charge is 0.330 e. The van der Waals surface area contributed by atoms with Gasteiger partial charge in [-0.2, -0.15) is 5.10 Å². The first-order valence-electron chi connectivity index (χ1n) is 6.15. The molecular weight excluding hydrogens is 200 g/mol. The summed E-state index contributed by atoms with van der Waals surface area (Å²) in [6, 6.07) is 0. The normalized spacial score (nSPS) is 12.1. The lowest BCUT2D eigenvalue weighted by Crippen LogP contribution is -2.25. The maximum absolute atomic E-state index is 5.73. The van der Waals surface area contributed by atoms with Crippen molar-refractivity contribution in [1.29, 1.82) is 0 Å². The zero-order valence-electron chi connectivity index (χ0n) is 11.0. The standard InChI is InChI=1S/C12H24N4/c1-5-10-14-11(6-2)16(15-10)8-7-12(3,4)9-13/h5-9,13H2,1-4H3. The third kappa shape index (κ3) is 3.30.